The zero-order chi connectivity index (χ0) is 21.0. The van der Waals surface area contributed by atoms with Gasteiger partial charge in [-0.3, -0.25) is 9.59 Å². The molecule has 3 aromatic rings. The van der Waals surface area contributed by atoms with Gasteiger partial charge in [0.1, 0.15) is 6.54 Å². The molecule has 0 aliphatic carbocycles. The van der Waals surface area contributed by atoms with Crippen LogP contribution in [-0.2, 0) is 17.9 Å². The lowest BCUT2D eigenvalue weighted by Crippen LogP contribution is -2.37. The number of hydrogen-bond acceptors (Lipinski definition) is 4. The van der Waals surface area contributed by atoms with E-state index in [1.165, 1.54) is 10.6 Å². The number of pyridine rings is 1. The lowest BCUT2D eigenvalue weighted by Gasteiger charge is -2.10. The highest BCUT2D eigenvalue weighted by molar-refractivity contribution is 5.94. The molecular weight excluding hydrogens is 370 g/mol. The molecule has 2 amide bonds. The van der Waals surface area contributed by atoms with Gasteiger partial charge in [-0.15, -0.1) is 5.10 Å². The Balaban J connectivity index is 1.73. The Morgan fingerprint density at radius 2 is 1.86 bits per heavy atom. The molecule has 1 aromatic carbocycles. The summed E-state index contributed by atoms with van der Waals surface area (Å²) in [5.41, 5.74) is 2.39. The van der Waals surface area contributed by atoms with E-state index in [-0.39, 0.29) is 24.4 Å². The van der Waals surface area contributed by atoms with Gasteiger partial charge in [0.25, 0.3) is 5.91 Å². The van der Waals surface area contributed by atoms with Crippen LogP contribution in [0.25, 0.3) is 5.65 Å². The van der Waals surface area contributed by atoms with Crippen molar-refractivity contribution >= 4 is 17.5 Å². The maximum Gasteiger partial charge on any atom is 0.350 e. The van der Waals surface area contributed by atoms with E-state index in [0.717, 1.165) is 22.2 Å². The second-order valence-corrected chi connectivity index (χ2v) is 7.13. The summed E-state index contributed by atoms with van der Waals surface area (Å²) < 4.78 is 2.37. The molecule has 29 heavy (non-hydrogen) atoms. The van der Waals surface area contributed by atoms with Crippen molar-refractivity contribution in [2.24, 2.45) is 0 Å². The van der Waals surface area contributed by atoms with Crippen molar-refractivity contribution < 1.29 is 9.59 Å². The molecule has 3 rings (SSSR count). The van der Waals surface area contributed by atoms with Crippen LogP contribution in [0.1, 0.15) is 41.8 Å². The maximum absolute atomic E-state index is 12.6. The first kappa shape index (κ1) is 20.3. The lowest BCUT2D eigenvalue weighted by atomic mass is 10.1. The fraction of sp³-hybridized carbons (Fsp3) is 0.333. The molecule has 0 radical (unpaired) electrons. The second kappa shape index (κ2) is 8.72. The highest BCUT2D eigenvalue weighted by Crippen LogP contribution is 2.05. The number of carbonyl (C=O) groups excluding carboxylic acids is 2. The Morgan fingerprint density at radius 3 is 2.55 bits per heavy atom. The van der Waals surface area contributed by atoms with Gasteiger partial charge in [0.2, 0.25) is 5.91 Å². The Morgan fingerprint density at radius 1 is 1.14 bits per heavy atom. The summed E-state index contributed by atoms with van der Waals surface area (Å²) in [7, 11) is 0. The normalized spacial score (nSPS) is 12.0. The zero-order valence-corrected chi connectivity index (χ0v) is 16.8. The van der Waals surface area contributed by atoms with Crippen molar-refractivity contribution in [1.82, 2.24) is 24.8 Å². The molecule has 2 aromatic heterocycles. The number of aryl methyl sites for hydroxylation is 1. The predicted octanol–water partition coefficient (Wildman–Crippen LogP) is 1.65. The van der Waals surface area contributed by atoms with Crippen molar-refractivity contribution in [2.75, 3.05) is 0 Å². The van der Waals surface area contributed by atoms with E-state index in [4.69, 9.17) is 0 Å². The first-order chi connectivity index (χ1) is 13.9. The van der Waals surface area contributed by atoms with Crippen LogP contribution in [0.3, 0.4) is 0 Å². The van der Waals surface area contributed by atoms with E-state index >= 15 is 0 Å². The largest absolute Gasteiger partial charge is 0.352 e. The van der Waals surface area contributed by atoms with E-state index in [9.17, 15) is 14.4 Å². The average Bonchev–Trinajstić information content (AvgIpc) is 3.01. The lowest BCUT2D eigenvalue weighted by molar-refractivity contribution is -0.122. The molecule has 0 aliphatic rings. The Bertz CT molecular complexity index is 1080. The highest BCUT2D eigenvalue weighted by atomic mass is 16.2. The minimum absolute atomic E-state index is 0.0269. The monoisotopic (exact) mass is 395 g/mol. The number of aromatic nitrogens is 3. The van der Waals surface area contributed by atoms with Crippen molar-refractivity contribution in [1.29, 1.82) is 0 Å². The van der Waals surface area contributed by atoms with Crippen LogP contribution in [0.4, 0.5) is 0 Å². The summed E-state index contributed by atoms with van der Waals surface area (Å²) in [6.07, 6.45) is 2.24. The van der Waals surface area contributed by atoms with Crippen LogP contribution in [0.15, 0.2) is 47.4 Å². The molecule has 2 heterocycles. The number of benzene rings is 1. The summed E-state index contributed by atoms with van der Waals surface area (Å²) in [5.74, 6) is -0.567. The van der Waals surface area contributed by atoms with Gasteiger partial charge in [-0.05, 0) is 38.0 Å². The standard InChI is InChI=1S/C21H25N5O3/c1-4-15(3)23-19(27)13-26-21(29)25-12-17(9-10-18(25)24-26)20(28)22-11-16-7-5-14(2)6-8-16/h5-10,12,15H,4,11,13H2,1-3H3,(H,22,28)(H,23,27)/t15-/m0/s1. The molecule has 8 heteroatoms. The molecule has 0 bridgehead atoms. The molecule has 8 nitrogen and oxygen atoms in total. The molecule has 152 valence electrons. The molecule has 0 spiro atoms. The van der Waals surface area contributed by atoms with Gasteiger partial charge >= 0.3 is 5.69 Å². The number of nitrogens with one attached hydrogen (secondary N) is 2. The van der Waals surface area contributed by atoms with E-state index in [1.807, 2.05) is 45.0 Å². The van der Waals surface area contributed by atoms with Gasteiger partial charge < -0.3 is 10.6 Å². The van der Waals surface area contributed by atoms with Crippen LogP contribution in [0.2, 0.25) is 0 Å². The molecular formula is C21H25N5O3. The molecule has 0 fully saturated rings. The SMILES string of the molecule is CC[C@H](C)NC(=O)Cn1nc2ccc(C(=O)NCc3ccc(C)cc3)cn2c1=O. The van der Waals surface area contributed by atoms with E-state index in [2.05, 4.69) is 15.7 Å². The van der Waals surface area contributed by atoms with E-state index in [0.29, 0.717) is 17.8 Å². The molecule has 0 saturated carbocycles. The third-order valence-corrected chi connectivity index (χ3v) is 4.73. The van der Waals surface area contributed by atoms with Crippen molar-refractivity contribution in [3.8, 4) is 0 Å². The molecule has 2 N–H and O–H groups in total. The number of rotatable bonds is 7. The summed E-state index contributed by atoms with van der Waals surface area (Å²) in [6.45, 7) is 6.09. The predicted molar refractivity (Wildman–Crippen MR) is 110 cm³/mol. The number of hydrogen-bond donors (Lipinski definition) is 2. The van der Waals surface area contributed by atoms with Gasteiger partial charge in [0, 0.05) is 18.8 Å². The van der Waals surface area contributed by atoms with Gasteiger partial charge in [0.05, 0.1) is 5.56 Å². The second-order valence-electron chi connectivity index (χ2n) is 7.13. The van der Waals surface area contributed by atoms with Gasteiger partial charge in [0.15, 0.2) is 5.65 Å². The van der Waals surface area contributed by atoms with Gasteiger partial charge in [-0.1, -0.05) is 36.8 Å². The summed E-state index contributed by atoms with van der Waals surface area (Å²) >= 11 is 0. The number of carbonyl (C=O) groups is 2. The van der Waals surface area contributed by atoms with Crippen LogP contribution in [0, 0.1) is 6.92 Å². The van der Waals surface area contributed by atoms with E-state index in [1.54, 1.807) is 12.1 Å². The van der Waals surface area contributed by atoms with Crippen LogP contribution in [0.5, 0.6) is 0 Å². The summed E-state index contributed by atoms with van der Waals surface area (Å²) in [5, 5.41) is 9.81. The topological polar surface area (TPSA) is 97.5 Å². The molecule has 0 unspecified atom stereocenters. The fourth-order valence-corrected chi connectivity index (χ4v) is 2.80. The zero-order valence-electron chi connectivity index (χ0n) is 16.8. The Hall–Kier alpha value is -3.42. The minimum atomic E-state index is -0.465. The summed E-state index contributed by atoms with van der Waals surface area (Å²) in [6, 6.07) is 11.1. The third kappa shape index (κ3) is 4.90. The Labute approximate surface area is 168 Å². The van der Waals surface area contributed by atoms with Crippen LogP contribution < -0.4 is 16.3 Å². The fourth-order valence-electron chi connectivity index (χ4n) is 2.80. The highest BCUT2D eigenvalue weighted by Gasteiger charge is 2.14. The number of fused-ring (bicyclic) bond motifs is 1. The minimum Gasteiger partial charge on any atom is -0.352 e. The van der Waals surface area contributed by atoms with Crippen molar-refractivity contribution in [3.63, 3.8) is 0 Å². The molecule has 0 aliphatic heterocycles. The first-order valence-corrected chi connectivity index (χ1v) is 9.59. The maximum atomic E-state index is 12.6. The average molecular weight is 395 g/mol. The van der Waals surface area contributed by atoms with Crippen molar-refractivity contribution in [3.05, 3.63) is 69.8 Å². The van der Waals surface area contributed by atoms with Crippen molar-refractivity contribution in [2.45, 2.75) is 46.3 Å². The van der Waals surface area contributed by atoms with Crippen LogP contribution in [-0.4, -0.2) is 32.0 Å². The number of amides is 2. The van der Waals surface area contributed by atoms with Crippen LogP contribution >= 0.6 is 0 Å². The number of nitrogens with zero attached hydrogens (tertiary/aromatic N) is 3. The van der Waals surface area contributed by atoms with Gasteiger partial charge in [-0.25, -0.2) is 13.9 Å². The molecule has 1 atom stereocenters. The quantitative estimate of drug-likeness (QED) is 0.636. The first-order valence-electron chi connectivity index (χ1n) is 9.59. The smallest absolute Gasteiger partial charge is 0.350 e. The Kier molecular flexibility index (Phi) is 6.11. The summed E-state index contributed by atoms with van der Waals surface area (Å²) in [4.78, 5) is 37.1. The molecule has 0 saturated heterocycles. The third-order valence-electron chi connectivity index (χ3n) is 4.73. The van der Waals surface area contributed by atoms with E-state index < -0.39 is 5.69 Å². The van der Waals surface area contributed by atoms with Gasteiger partial charge in [-0.2, -0.15) is 0 Å².